The summed E-state index contributed by atoms with van der Waals surface area (Å²) in [5.74, 6) is 1.16. The van der Waals surface area contributed by atoms with Crippen LogP contribution in [0.2, 0.25) is 0 Å². The van der Waals surface area contributed by atoms with Gasteiger partial charge in [0.15, 0.2) is 5.65 Å². The lowest BCUT2D eigenvalue weighted by molar-refractivity contribution is 0.0937. The summed E-state index contributed by atoms with van der Waals surface area (Å²) in [5.41, 5.74) is 2.40. The van der Waals surface area contributed by atoms with Crippen molar-refractivity contribution >= 4 is 11.6 Å². The van der Waals surface area contributed by atoms with Gasteiger partial charge in [0, 0.05) is 12.5 Å². The summed E-state index contributed by atoms with van der Waals surface area (Å²) in [6.07, 6.45) is 10.8. The quantitative estimate of drug-likeness (QED) is 0.944. The Morgan fingerprint density at radius 2 is 2.00 bits per heavy atom. The number of hydrogen-bond donors (Lipinski definition) is 1. The number of hydrogen-bond acceptors (Lipinski definition) is 3. The molecule has 0 radical (unpaired) electrons. The molecule has 2 aliphatic carbocycles. The van der Waals surface area contributed by atoms with Gasteiger partial charge in [0.1, 0.15) is 5.69 Å². The Hall–Kier alpha value is -1.91. The van der Waals surface area contributed by atoms with Crippen molar-refractivity contribution in [2.75, 3.05) is 6.54 Å². The van der Waals surface area contributed by atoms with Crippen LogP contribution < -0.4 is 5.32 Å². The molecule has 0 aromatic carbocycles. The van der Waals surface area contributed by atoms with Crippen molar-refractivity contribution in [3.05, 3.63) is 29.7 Å². The van der Waals surface area contributed by atoms with Crippen LogP contribution in [0.25, 0.3) is 5.65 Å². The number of fused-ring (bicyclic) bond motifs is 1. The smallest absolute Gasteiger partial charge is 0.271 e. The summed E-state index contributed by atoms with van der Waals surface area (Å²) in [6, 6.07) is 3.66. The molecule has 0 saturated heterocycles. The molecule has 0 unspecified atom stereocenters. The third-order valence-corrected chi connectivity index (χ3v) is 4.84. The van der Waals surface area contributed by atoms with Crippen LogP contribution in [-0.4, -0.2) is 27.0 Å². The number of amides is 1. The van der Waals surface area contributed by atoms with Crippen molar-refractivity contribution in [3.63, 3.8) is 0 Å². The van der Waals surface area contributed by atoms with Gasteiger partial charge in [-0.25, -0.2) is 9.50 Å². The zero-order valence-corrected chi connectivity index (χ0v) is 12.8. The van der Waals surface area contributed by atoms with Crippen LogP contribution in [0.15, 0.2) is 18.3 Å². The second-order valence-electron chi connectivity index (χ2n) is 6.68. The predicted octanol–water partition coefficient (Wildman–Crippen LogP) is 2.92. The van der Waals surface area contributed by atoms with E-state index in [0.29, 0.717) is 17.5 Å². The van der Waals surface area contributed by atoms with E-state index in [1.807, 2.05) is 12.3 Å². The lowest BCUT2D eigenvalue weighted by atomic mass is 9.89. The van der Waals surface area contributed by atoms with Crippen molar-refractivity contribution in [1.29, 1.82) is 0 Å². The summed E-state index contributed by atoms with van der Waals surface area (Å²) in [4.78, 5) is 16.8. The molecule has 2 aliphatic rings. The van der Waals surface area contributed by atoms with Crippen LogP contribution in [0.4, 0.5) is 0 Å². The molecule has 0 bridgehead atoms. The van der Waals surface area contributed by atoms with Crippen molar-refractivity contribution in [1.82, 2.24) is 19.9 Å². The highest BCUT2D eigenvalue weighted by Gasteiger charge is 2.26. The summed E-state index contributed by atoms with van der Waals surface area (Å²) in [7, 11) is 0. The molecule has 0 aliphatic heterocycles. The van der Waals surface area contributed by atoms with Gasteiger partial charge in [0.05, 0.1) is 11.9 Å². The Morgan fingerprint density at radius 3 is 2.77 bits per heavy atom. The third-order valence-electron chi connectivity index (χ3n) is 4.84. The zero-order chi connectivity index (χ0) is 14.9. The van der Waals surface area contributed by atoms with E-state index in [0.717, 1.165) is 17.9 Å². The van der Waals surface area contributed by atoms with E-state index in [1.165, 1.54) is 44.9 Å². The largest absolute Gasteiger partial charge is 0.350 e. The van der Waals surface area contributed by atoms with Gasteiger partial charge in [0.25, 0.3) is 5.91 Å². The molecule has 2 aromatic heterocycles. The fourth-order valence-corrected chi connectivity index (χ4v) is 3.32. The normalized spacial score (nSPS) is 19.5. The second kappa shape index (κ2) is 5.71. The summed E-state index contributed by atoms with van der Waals surface area (Å²) in [6.45, 7) is 0.774. The lowest BCUT2D eigenvalue weighted by Crippen LogP contribution is -2.31. The first-order chi connectivity index (χ1) is 10.8. The van der Waals surface area contributed by atoms with E-state index in [9.17, 15) is 4.79 Å². The van der Waals surface area contributed by atoms with Crippen molar-refractivity contribution in [3.8, 4) is 0 Å². The average Bonchev–Trinajstić information content (AvgIpc) is 3.32. The molecule has 0 atom stereocenters. The van der Waals surface area contributed by atoms with Gasteiger partial charge in [-0.1, -0.05) is 19.3 Å². The average molecular weight is 298 g/mol. The lowest BCUT2D eigenvalue weighted by Gasteiger charge is -2.21. The molecule has 1 N–H and O–H groups in total. The van der Waals surface area contributed by atoms with Gasteiger partial charge in [-0.3, -0.25) is 4.79 Å². The second-order valence-corrected chi connectivity index (χ2v) is 6.68. The molecular formula is C17H22N4O. The number of carbonyl (C=O) groups excluding carboxylic acids is 1. The van der Waals surface area contributed by atoms with Gasteiger partial charge < -0.3 is 5.32 Å². The van der Waals surface area contributed by atoms with Crippen LogP contribution in [0.1, 0.15) is 67.0 Å². The van der Waals surface area contributed by atoms with E-state index >= 15 is 0 Å². The van der Waals surface area contributed by atoms with Crippen LogP contribution in [0.3, 0.4) is 0 Å². The first kappa shape index (κ1) is 13.7. The zero-order valence-electron chi connectivity index (χ0n) is 12.8. The molecular weight excluding hydrogens is 276 g/mol. The summed E-state index contributed by atoms with van der Waals surface area (Å²) >= 11 is 0. The van der Waals surface area contributed by atoms with E-state index in [-0.39, 0.29) is 5.91 Å². The fourth-order valence-electron chi connectivity index (χ4n) is 3.32. The summed E-state index contributed by atoms with van der Waals surface area (Å²) < 4.78 is 1.74. The van der Waals surface area contributed by atoms with Gasteiger partial charge in [-0.05, 0) is 43.7 Å². The van der Waals surface area contributed by atoms with Crippen LogP contribution in [-0.2, 0) is 0 Å². The fraction of sp³-hybridized carbons (Fsp3) is 0.588. The maximum absolute atomic E-state index is 12.3. The van der Waals surface area contributed by atoms with Crippen molar-refractivity contribution in [2.45, 2.75) is 50.9 Å². The molecule has 2 aromatic rings. The molecule has 0 spiro atoms. The minimum absolute atomic E-state index is 0.0749. The molecule has 4 rings (SSSR count). The molecule has 5 nitrogen and oxygen atoms in total. The minimum atomic E-state index is -0.0749. The van der Waals surface area contributed by atoms with Crippen LogP contribution in [0, 0.1) is 5.92 Å². The van der Waals surface area contributed by atoms with Gasteiger partial charge in [-0.2, -0.15) is 5.10 Å². The van der Waals surface area contributed by atoms with Gasteiger partial charge >= 0.3 is 0 Å². The maximum atomic E-state index is 12.3. The Balaban J connectivity index is 1.44. The Kier molecular flexibility index (Phi) is 3.56. The van der Waals surface area contributed by atoms with Crippen molar-refractivity contribution < 1.29 is 4.79 Å². The number of aromatic nitrogens is 3. The van der Waals surface area contributed by atoms with E-state index in [1.54, 1.807) is 10.6 Å². The Morgan fingerprint density at radius 1 is 1.18 bits per heavy atom. The number of nitrogens with one attached hydrogen (secondary N) is 1. The monoisotopic (exact) mass is 298 g/mol. The highest BCUT2D eigenvalue weighted by atomic mass is 16.1. The van der Waals surface area contributed by atoms with Gasteiger partial charge in [0.2, 0.25) is 0 Å². The van der Waals surface area contributed by atoms with Crippen LogP contribution >= 0.6 is 0 Å². The topological polar surface area (TPSA) is 59.3 Å². The number of imidazole rings is 1. The van der Waals surface area contributed by atoms with Crippen molar-refractivity contribution in [2.24, 2.45) is 5.92 Å². The third kappa shape index (κ3) is 2.85. The highest BCUT2D eigenvalue weighted by molar-refractivity contribution is 5.92. The Bertz CT molecular complexity index is 683. The first-order valence-electron chi connectivity index (χ1n) is 8.44. The van der Waals surface area contributed by atoms with E-state index in [4.69, 9.17) is 0 Å². The van der Waals surface area contributed by atoms with Gasteiger partial charge in [-0.15, -0.1) is 0 Å². The number of carbonyl (C=O) groups is 1. The molecule has 2 saturated carbocycles. The molecule has 1 amide bonds. The molecule has 5 heteroatoms. The van der Waals surface area contributed by atoms with Crippen LogP contribution in [0.5, 0.6) is 0 Å². The Labute approximate surface area is 130 Å². The standard InChI is InChI=1S/C17H22N4O/c22-17(18-10-12-4-2-1-3-5-12)14-8-9-16-19-15(13-6-7-13)11-21(16)20-14/h8-9,11-13H,1-7,10H2,(H,18,22). The number of rotatable bonds is 4. The van der Waals surface area contributed by atoms with E-state index < -0.39 is 0 Å². The highest BCUT2D eigenvalue weighted by Crippen LogP contribution is 2.39. The number of nitrogens with zero attached hydrogens (tertiary/aromatic N) is 3. The SMILES string of the molecule is O=C(NCC1CCCCC1)c1ccc2nc(C3CC3)cn2n1. The molecule has 2 heterocycles. The molecule has 116 valence electrons. The molecule has 22 heavy (non-hydrogen) atoms. The summed E-state index contributed by atoms with van der Waals surface area (Å²) in [5, 5.41) is 7.45. The maximum Gasteiger partial charge on any atom is 0.271 e. The molecule has 2 fully saturated rings. The minimum Gasteiger partial charge on any atom is -0.350 e. The predicted molar refractivity (Wildman–Crippen MR) is 83.9 cm³/mol. The van der Waals surface area contributed by atoms with E-state index in [2.05, 4.69) is 15.4 Å². The first-order valence-corrected chi connectivity index (χ1v) is 8.44.